The largest absolute Gasteiger partial charge is 0.452 e. The Bertz CT molecular complexity index is 835. The molecule has 2 atom stereocenters. The van der Waals surface area contributed by atoms with Crippen molar-refractivity contribution < 1.29 is 14.3 Å². The Kier molecular flexibility index (Phi) is 6.73. The molecule has 0 saturated heterocycles. The lowest BCUT2D eigenvalue weighted by Crippen LogP contribution is -2.42. The fourth-order valence-corrected chi connectivity index (χ4v) is 3.94. The maximum atomic E-state index is 12.5. The van der Waals surface area contributed by atoms with E-state index in [0.29, 0.717) is 18.2 Å². The Morgan fingerprint density at radius 3 is 2.68 bits per heavy atom. The van der Waals surface area contributed by atoms with Crippen LogP contribution in [-0.2, 0) is 16.1 Å². The summed E-state index contributed by atoms with van der Waals surface area (Å²) in [5, 5.41) is 7.53. The zero-order valence-corrected chi connectivity index (χ0v) is 17.0. The van der Waals surface area contributed by atoms with Crippen molar-refractivity contribution in [3.05, 3.63) is 52.3 Å². The van der Waals surface area contributed by atoms with E-state index in [-0.39, 0.29) is 29.3 Å². The summed E-state index contributed by atoms with van der Waals surface area (Å²) < 4.78 is 6.77. The Hall–Kier alpha value is -2.34. The number of carbonyl (C=O) groups is 2. The van der Waals surface area contributed by atoms with Crippen LogP contribution in [-0.4, -0.2) is 34.3 Å². The standard InChI is InChI=1S/C21H26ClN3O3/c1-14-8-6-7-11-17(14)23-18(26)13-28-21(27)19-15(2)24-25(20(19)22)12-16-9-4-3-5-10-16/h3-5,9-10,14,17H,6-8,11-13H2,1-2H3,(H,23,26)/t14-,17+/m1/s1. The molecule has 6 nitrogen and oxygen atoms in total. The van der Waals surface area contributed by atoms with E-state index in [0.717, 1.165) is 24.8 Å². The van der Waals surface area contributed by atoms with E-state index in [1.165, 1.54) is 6.42 Å². The highest BCUT2D eigenvalue weighted by atomic mass is 35.5. The molecule has 1 aromatic heterocycles. The van der Waals surface area contributed by atoms with Crippen LogP contribution in [0.25, 0.3) is 0 Å². The Balaban J connectivity index is 1.59. The first-order valence-electron chi connectivity index (χ1n) is 9.69. The van der Waals surface area contributed by atoms with Gasteiger partial charge in [0.1, 0.15) is 10.7 Å². The third-order valence-electron chi connectivity index (χ3n) is 5.24. The first-order valence-corrected chi connectivity index (χ1v) is 10.1. The molecular weight excluding hydrogens is 378 g/mol. The number of ether oxygens (including phenoxy) is 1. The van der Waals surface area contributed by atoms with E-state index in [1.807, 2.05) is 30.3 Å². The van der Waals surface area contributed by atoms with Crippen LogP contribution in [0.15, 0.2) is 30.3 Å². The number of carbonyl (C=O) groups excluding carboxylic acids is 2. The smallest absolute Gasteiger partial charge is 0.343 e. The second-order valence-electron chi connectivity index (χ2n) is 7.41. The van der Waals surface area contributed by atoms with Gasteiger partial charge >= 0.3 is 5.97 Å². The number of esters is 1. The van der Waals surface area contributed by atoms with E-state index in [9.17, 15) is 9.59 Å². The zero-order chi connectivity index (χ0) is 20.1. The molecule has 28 heavy (non-hydrogen) atoms. The molecule has 1 aliphatic carbocycles. The van der Waals surface area contributed by atoms with E-state index >= 15 is 0 Å². The van der Waals surface area contributed by atoms with Crippen molar-refractivity contribution in [3.63, 3.8) is 0 Å². The molecule has 1 amide bonds. The average Bonchev–Trinajstić information content (AvgIpc) is 2.96. The predicted octanol–water partition coefficient (Wildman–Crippen LogP) is 3.74. The van der Waals surface area contributed by atoms with Crippen LogP contribution in [0.5, 0.6) is 0 Å². The number of nitrogens with one attached hydrogen (secondary N) is 1. The molecule has 0 radical (unpaired) electrons. The molecule has 2 aromatic rings. The fourth-order valence-electron chi connectivity index (χ4n) is 3.63. The van der Waals surface area contributed by atoms with Gasteiger partial charge in [0.05, 0.1) is 12.2 Å². The van der Waals surface area contributed by atoms with Gasteiger partial charge in [0.2, 0.25) is 0 Å². The third-order valence-corrected chi connectivity index (χ3v) is 5.62. The van der Waals surface area contributed by atoms with E-state index < -0.39 is 5.97 Å². The number of benzene rings is 1. The summed E-state index contributed by atoms with van der Waals surface area (Å²) in [5.74, 6) is -0.465. The monoisotopic (exact) mass is 403 g/mol. The molecule has 150 valence electrons. The Labute approximate surface area is 170 Å². The average molecular weight is 404 g/mol. The summed E-state index contributed by atoms with van der Waals surface area (Å²) in [4.78, 5) is 24.6. The van der Waals surface area contributed by atoms with Crippen LogP contribution in [0, 0.1) is 12.8 Å². The highest BCUT2D eigenvalue weighted by molar-refractivity contribution is 6.32. The lowest BCUT2D eigenvalue weighted by atomic mass is 9.86. The summed E-state index contributed by atoms with van der Waals surface area (Å²) >= 11 is 6.36. The molecule has 1 saturated carbocycles. The van der Waals surface area contributed by atoms with Gasteiger partial charge in [-0.15, -0.1) is 0 Å². The summed E-state index contributed by atoms with van der Waals surface area (Å²) in [6.07, 6.45) is 4.40. The van der Waals surface area contributed by atoms with Crippen molar-refractivity contribution >= 4 is 23.5 Å². The maximum absolute atomic E-state index is 12.5. The molecule has 1 N–H and O–H groups in total. The molecule has 0 bridgehead atoms. The summed E-state index contributed by atoms with van der Waals surface area (Å²) in [6.45, 7) is 3.98. The molecule has 1 aliphatic rings. The molecule has 0 spiro atoms. The van der Waals surface area contributed by atoms with Gasteiger partial charge in [-0.2, -0.15) is 5.10 Å². The number of amides is 1. The van der Waals surface area contributed by atoms with E-state index in [4.69, 9.17) is 16.3 Å². The number of aromatic nitrogens is 2. The van der Waals surface area contributed by atoms with Crippen LogP contribution in [0.1, 0.15) is 54.2 Å². The van der Waals surface area contributed by atoms with Crippen molar-refractivity contribution in [2.45, 2.75) is 52.1 Å². The fraction of sp³-hybridized carbons (Fsp3) is 0.476. The molecule has 0 unspecified atom stereocenters. The lowest BCUT2D eigenvalue weighted by molar-refractivity contribution is -0.125. The van der Waals surface area contributed by atoms with Crippen LogP contribution in [0.2, 0.25) is 5.15 Å². The molecular formula is C21H26ClN3O3. The van der Waals surface area contributed by atoms with Crippen LogP contribution in [0.3, 0.4) is 0 Å². The van der Waals surface area contributed by atoms with Crippen LogP contribution < -0.4 is 5.32 Å². The summed E-state index contributed by atoms with van der Waals surface area (Å²) in [5.41, 5.74) is 1.71. The quantitative estimate of drug-likeness (QED) is 0.745. The summed E-state index contributed by atoms with van der Waals surface area (Å²) in [6, 6.07) is 9.87. The van der Waals surface area contributed by atoms with Crippen molar-refractivity contribution in [2.75, 3.05) is 6.61 Å². The summed E-state index contributed by atoms with van der Waals surface area (Å²) in [7, 11) is 0. The number of halogens is 1. The topological polar surface area (TPSA) is 73.2 Å². The molecule has 3 rings (SSSR count). The van der Waals surface area contributed by atoms with Gasteiger partial charge < -0.3 is 10.1 Å². The number of hydrogen-bond acceptors (Lipinski definition) is 4. The zero-order valence-electron chi connectivity index (χ0n) is 16.3. The Morgan fingerprint density at radius 2 is 1.96 bits per heavy atom. The second-order valence-corrected chi connectivity index (χ2v) is 7.76. The number of aryl methyl sites for hydroxylation is 1. The predicted molar refractivity (Wildman–Crippen MR) is 107 cm³/mol. The highest BCUT2D eigenvalue weighted by Gasteiger charge is 2.25. The normalized spacial score (nSPS) is 19.2. The van der Waals surface area contributed by atoms with Gasteiger partial charge in [0.15, 0.2) is 6.61 Å². The first kappa shape index (κ1) is 20.4. The maximum Gasteiger partial charge on any atom is 0.343 e. The van der Waals surface area contributed by atoms with Crippen LogP contribution >= 0.6 is 11.6 Å². The minimum absolute atomic E-state index is 0.152. The van der Waals surface area contributed by atoms with Crippen molar-refractivity contribution in [1.29, 1.82) is 0 Å². The van der Waals surface area contributed by atoms with Crippen molar-refractivity contribution in [1.82, 2.24) is 15.1 Å². The van der Waals surface area contributed by atoms with Gasteiger partial charge in [-0.1, -0.05) is 61.7 Å². The van der Waals surface area contributed by atoms with Gasteiger partial charge in [0.25, 0.3) is 5.91 Å². The second kappa shape index (κ2) is 9.24. The molecule has 0 aliphatic heterocycles. The Morgan fingerprint density at radius 1 is 1.25 bits per heavy atom. The van der Waals surface area contributed by atoms with Gasteiger partial charge in [-0.25, -0.2) is 9.48 Å². The molecule has 1 fully saturated rings. The van der Waals surface area contributed by atoms with Crippen molar-refractivity contribution in [3.8, 4) is 0 Å². The van der Waals surface area contributed by atoms with Crippen molar-refractivity contribution in [2.24, 2.45) is 5.92 Å². The van der Waals surface area contributed by atoms with E-state index in [1.54, 1.807) is 11.6 Å². The van der Waals surface area contributed by atoms with E-state index in [2.05, 4.69) is 17.3 Å². The lowest BCUT2D eigenvalue weighted by Gasteiger charge is -2.29. The molecule has 1 aromatic carbocycles. The number of nitrogens with zero attached hydrogens (tertiary/aromatic N) is 2. The van der Waals surface area contributed by atoms with Gasteiger partial charge in [0, 0.05) is 6.04 Å². The highest BCUT2D eigenvalue weighted by Crippen LogP contribution is 2.24. The van der Waals surface area contributed by atoms with Crippen LogP contribution in [0.4, 0.5) is 0 Å². The number of hydrogen-bond donors (Lipinski definition) is 1. The SMILES string of the molecule is Cc1nn(Cc2ccccc2)c(Cl)c1C(=O)OCC(=O)N[C@H]1CCCC[C@H]1C. The minimum Gasteiger partial charge on any atom is -0.452 e. The number of rotatable bonds is 6. The van der Waals surface area contributed by atoms with Gasteiger partial charge in [-0.05, 0) is 31.2 Å². The molecule has 7 heteroatoms. The minimum atomic E-state index is -0.631. The first-order chi connectivity index (χ1) is 13.5. The molecule has 1 heterocycles. The third kappa shape index (κ3) is 4.93. The van der Waals surface area contributed by atoms with Gasteiger partial charge in [-0.3, -0.25) is 4.79 Å².